The van der Waals surface area contributed by atoms with Gasteiger partial charge in [0.25, 0.3) is 0 Å². The first kappa shape index (κ1) is 14.7. The van der Waals surface area contributed by atoms with Gasteiger partial charge < -0.3 is 10.2 Å². The summed E-state index contributed by atoms with van der Waals surface area (Å²) in [5.41, 5.74) is -0.534. The molecule has 3 nitrogen and oxygen atoms in total. The molecule has 0 bridgehead atoms. The molecule has 0 atom stereocenters. The van der Waals surface area contributed by atoms with E-state index in [9.17, 15) is 13.2 Å². The van der Waals surface area contributed by atoms with Crippen LogP contribution in [0.2, 0.25) is 0 Å². The second-order valence-corrected chi connectivity index (χ2v) is 5.26. The number of halogens is 3. The Bertz CT molecular complexity index is 525. The van der Waals surface area contributed by atoms with E-state index in [2.05, 4.69) is 19.2 Å². The summed E-state index contributed by atoms with van der Waals surface area (Å²) in [7, 11) is 0. The minimum atomic E-state index is -4.49. The van der Waals surface area contributed by atoms with E-state index in [0.717, 1.165) is 19.2 Å². The molecule has 0 amide bonds. The molecule has 1 N–H and O–H groups in total. The first-order chi connectivity index (χ1) is 9.31. The SMILES string of the molecule is CC(C)NC1CN(c2ccc(C(F)(F)F)c(C#N)c2)C1. The average molecular weight is 283 g/mol. The molecule has 0 saturated carbocycles. The average Bonchev–Trinajstić information content (AvgIpc) is 2.31. The van der Waals surface area contributed by atoms with E-state index in [1.165, 1.54) is 12.1 Å². The van der Waals surface area contributed by atoms with Crippen LogP contribution in [-0.4, -0.2) is 25.2 Å². The quantitative estimate of drug-likeness (QED) is 0.927. The Morgan fingerprint density at radius 1 is 1.35 bits per heavy atom. The lowest BCUT2D eigenvalue weighted by atomic mass is 10.0. The largest absolute Gasteiger partial charge is 0.417 e. The lowest BCUT2D eigenvalue weighted by Gasteiger charge is -2.42. The van der Waals surface area contributed by atoms with Crippen LogP contribution in [0.25, 0.3) is 0 Å². The van der Waals surface area contributed by atoms with Crippen molar-refractivity contribution in [2.45, 2.75) is 32.1 Å². The molecule has 0 spiro atoms. The molecule has 0 aliphatic carbocycles. The fourth-order valence-electron chi connectivity index (χ4n) is 2.33. The molecule has 1 saturated heterocycles. The van der Waals surface area contributed by atoms with E-state index in [4.69, 9.17) is 5.26 Å². The lowest BCUT2D eigenvalue weighted by molar-refractivity contribution is -0.137. The van der Waals surface area contributed by atoms with Crippen LogP contribution >= 0.6 is 0 Å². The highest BCUT2D eigenvalue weighted by molar-refractivity contribution is 5.57. The molecule has 6 heteroatoms. The third-order valence-electron chi connectivity index (χ3n) is 3.24. The van der Waals surface area contributed by atoms with Crippen molar-refractivity contribution in [2.24, 2.45) is 0 Å². The van der Waals surface area contributed by atoms with Crippen molar-refractivity contribution in [1.29, 1.82) is 5.26 Å². The summed E-state index contributed by atoms with van der Waals surface area (Å²) in [5.74, 6) is 0. The summed E-state index contributed by atoms with van der Waals surface area (Å²) < 4.78 is 38.1. The first-order valence-electron chi connectivity index (χ1n) is 6.43. The Morgan fingerprint density at radius 3 is 2.50 bits per heavy atom. The molecule has 108 valence electrons. The Kier molecular flexibility index (Phi) is 3.91. The molecule has 0 aromatic heterocycles. The fourth-order valence-corrected chi connectivity index (χ4v) is 2.33. The highest BCUT2D eigenvalue weighted by Gasteiger charge is 2.34. The zero-order valence-electron chi connectivity index (χ0n) is 11.3. The van der Waals surface area contributed by atoms with Crippen molar-refractivity contribution in [3.8, 4) is 6.07 Å². The minimum absolute atomic E-state index is 0.324. The predicted molar refractivity (Wildman–Crippen MR) is 70.4 cm³/mol. The van der Waals surface area contributed by atoms with Crippen LogP contribution < -0.4 is 10.2 Å². The van der Waals surface area contributed by atoms with Gasteiger partial charge in [-0.25, -0.2) is 0 Å². The number of nitrogens with zero attached hydrogens (tertiary/aromatic N) is 2. The minimum Gasteiger partial charge on any atom is -0.368 e. The highest BCUT2D eigenvalue weighted by Crippen LogP contribution is 2.34. The Balaban J connectivity index is 2.11. The molecular weight excluding hydrogens is 267 g/mol. The Hall–Kier alpha value is -1.74. The summed E-state index contributed by atoms with van der Waals surface area (Å²) in [4.78, 5) is 1.96. The first-order valence-corrected chi connectivity index (χ1v) is 6.43. The maximum absolute atomic E-state index is 12.7. The van der Waals surface area contributed by atoms with Crippen molar-refractivity contribution < 1.29 is 13.2 Å². The number of alkyl halides is 3. The number of hydrogen-bond acceptors (Lipinski definition) is 3. The van der Waals surface area contributed by atoms with Crippen LogP contribution in [0.5, 0.6) is 0 Å². The summed E-state index contributed by atoms with van der Waals surface area (Å²) in [6.07, 6.45) is -4.49. The number of nitrogens with one attached hydrogen (secondary N) is 1. The molecule has 1 aliphatic rings. The molecule has 1 aromatic rings. The van der Waals surface area contributed by atoms with Crippen molar-refractivity contribution in [1.82, 2.24) is 5.32 Å². The Morgan fingerprint density at radius 2 is 2.00 bits per heavy atom. The van der Waals surface area contributed by atoms with Crippen molar-refractivity contribution in [2.75, 3.05) is 18.0 Å². The highest BCUT2D eigenvalue weighted by atomic mass is 19.4. The summed E-state index contributed by atoms with van der Waals surface area (Å²) in [6, 6.07) is 6.08. The van der Waals surface area contributed by atoms with Crippen molar-refractivity contribution >= 4 is 5.69 Å². The maximum atomic E-state index is 12.7. The second-order valence-electron chi connectivity index (χ2n) is 5.26. The van der Waals surface area contributed by atoms with Crippen molar-refractivity contribution in [3.63, 3.8) is 0 Å². The van der Waals surface area contributed by atoms with E-state index in [1.807, 2.05) is 4.90 Å². The van der Waals surface area contributed by atoms with Crippen LogP contribution in [0.4, 0.5) is 18.9 Å². The molecular formula is C14H16F3N3. The van der Waals surface area contributed by atoms with E-state index in [-0.39, 0.29) is 5.56 Å². The van der Waals surface area contributed by atoms with Gasteiger partial charge in [0, 0.05) is 30.9 Å². The van der Waals surface area contributed by atoms with E-state index in [0.29, 0.717) is 17.8 Å². The maximum Gasteiger partial charge on any atom is 0.417 e. The molecule has 20 heavy (non-hydrogen) atoms. The third-order valence-corrected chi connectivity index (χ3v) is 3.24. The van der Waals surface area contributed by atoms with Gasteiger partial charge in [-0.3, -0.25) is 0 Å². The van der Waals surface area contributed by atoms with Gasteiger partial charge in [0.15, 0.2) is 0 Å². The topological polar surface area (TPSA) is 39.1 Å². The smallest absolute Gasteiger partial charge is 0.368 e. The van der Waals surface area contributed by atoms with E-state index in [1.54, 1.807) is 6.07 Å². The molecule has 1 aromatic carbocycles. The summed E-state index contributed by atoms with van der Waals surface area (Å²) in [6.45, 7) is 5.59. The summed E-state index contributed by atoms with van der Waals surface area (Å²) >= 11 is 0. The molecule has 1 fully saturated rings. The van der Waals surface area contributed by atoms with E-state index < -0.39 is 11.7 Å². The van der Waals surface area contributed by atoms with Crippen LogP contribution in [-0.2, 0) is 6.18 Å². The standard InChI is InChI=1S/C14H16F3N3/c1-9(2)19-11-7-20(8-11)12-3-4-13(14(15,16)17)10(5-12)6-18/h3-5,9,11,19H,7-8H2,1-2H3. The van der Waals surface area contributed by atoms with Crippen LogP contribution in [0, 0.1) is 11.3 Å². The van der Waals surface area contributed by atoms with Gasteiger partial charge in [0.2, 0.25) is 0 Å². The second kappa shape index (κ2) is 5.33. The van der Waals surface area contributed by atoms with Gasteiger partial charge in [-0.15, -0.1) is 0 Å². The summed E-state index contributed by atoms with van der Waals surface area (Å²) in [5, 5.41) is 12.2. The Labute approximate surface area is 116 Å². The normalized spacial score (nSPS) is 16.1. The zero-order chi connectivity index (χ0) is 14.9. The number of nitriles is 1. The molecule has 0 unspecified atom stereocenters. The monoisotopic (exact) mass is 283 g/mol. The zero-order valence-corrected chi connectivity index (χ0v) is 11.3. The van der Waals surface area contributed by atoms with Gasteiger partial charge in [0.05, 0.1) is 17.2 Å². The van der Waals surface area contributed by atoms with E-state index >= 15 is 0 Å². The number of hydrogen-bond donors (Lipinski definition) is 1. The third kappa shape index (κ3) is 3.05. The van der Waals surface area contributed by atoms with Gasteiger partial charge >= 0.3 is 6.18 Å². The lowest BCUT2D eigenvalue weighted by Crippen LogP contribution is -2.59. The van der Waals surface area contributed by atoms with Crippen LogP contribution in [0.1, 0.15) is 25.0 Å². The molecule has 1 aliphatic heterocycles. The van der Waals surface area contributed by atoms with Gasteiger partial charge in [-0.2, -0.15) is 18.4 Å². The van der Waals surface area contributed by atoms with Gasteiger partial charge in [-0.05, 0) is 18.2 Å². The number of rotatable bonds is 3. The van der Waals surface area contributed by atoms with Crippen LogP contribution in [0.3, 0.4) is 0 Å². The van der Waals surface area contributed by atoms with Gasteiger partial charge in [0.1, 0.15) is 0 Å². The van der Waals surface area contributed by atoms with Gasteiger partial charge in [-0.1, -0.05) is 13.8 Å². The molecule has 0 radical (unpaired) electrons. The fraction of sp³-hybridized carbons (Fsp3) is 0.500. The number of benzene rings is 1. The van der Waals surface area contributed by atoms with Crippen LogP contribution in [0.15, 0.2) is 18.2 Å². The number of anilines is 1. The molecule has 1 heterocycles. The van der Waals surface area contributed by atoms with Crippen molar-refractivity contribution in [3.05, 3.63) is 29.3 Å². The molecule has 2 rings (SSSR count). The predicted octanol–water partition coefficient (Wildman–Crippen LogP) is 2.76.